The molecule has 0 spiro atoms. The summed E-state index contributed by atoms with van der Waals surface area (Å²) in [6, 6.07) is 10.7. The van der Waals surface area contributed by atoms with E-state index in [-0.39, 0.29) is 0 Å². The molecule has 0 amide bonds. The molecule has 1 aromatic heterocycles. The highest BCUT2D eigenvalue weighted by Crippen LogP contribution is 2.29. The van der Waals surface area contributed by atoms with E-state index in [0.29, 0.717) is 6.10 Å². The van der Waals surface area contributed by atoms with Crippen molar-refractivity contribution < 1.29 is 4.74 Å². The maximum absolute atomic E-state index is 5.76. The second-order valence-electron chi connectivity index (χ2n) is 5.65. The van der Waals surface area contributed by atoms with Gasteiger partial charge in [0.1, 0.15) is 0 Å². The van der Waals surface area contributed by atoms with Crippen molar-refractivity contribution in [2.24, 2.45) is 0 Å². The number of anilines is 1. The minimum atomic E-state index is 0.435. The Morgan fingerprint density at radius 1 is 1.19 bits per heavy atom. The lowest BCUT2D eigenvalue weighted by molar-refractivity contribution is 0.0459. The van der Waals surface area contributed by atoms with Crippen LogP contribution in [0.1, 0.15) is 32.4 Å². The van der Waals surface area contributed by atoms with E-state index < -0.39 is 0 Å². The molecule has 1 saturated heterocycles. The van der Waals surface area contributed by atoms with Gasteiger partial charge < -0.3 is 9.64 Å². The number of nitrogens with zero attached hydrogens (tertiary/aromatic N) is 2. The van der Waals surface area contributed by atoms with Crippen LogP contribution >= 0.6 is 0 Å². The molecule has 0 unspecified atom stereocenters. The molecule has 2 heterocycles. The number of aromatic nitrogens is 1. The van der Waals surface area contributed by atoms with Crippen molar-refractivity contribution in [2.45, 2.75) is 39.2 Å². The molecule has 2 aromatic rings. The highest BCUT2D eigenvalue weighted by atomic mass is 16.5. The summed E-state index contributed by atoms with van der Waals surface area (Å²) < 4.78 is 5.76. The quantitative estimate of drug-likeness (QED) is 0.854. The van der Waals surface area contributed by atoms with Crippen LogP contribution in [-0.4, -0.2) is 30.8 Å². The van der Waals surface area contributed by atoms with Crippen molar-refractivity contribution in [1.82, 2.24) is 4.98 Å². The third kappa shape index (κ3) is 3.03. The zero-order valence-corrected chi connectivity index (χ0v) is 13.0. The molecule has 1 fully saturated rings. The average Bonchev–Trinajstić information content (AvgIpc) is 2.55. The lowest BCUT2D eigenvalue weighted by Gasteiger charge is -2.34. The van der Waals surface area contributed by atoms with E-state index in [2.05, 4.69) is 49.1 Å². The minimum Gasteiger partial charge on any atom is -0.378 e. The average molecular weight is 284 g/mol. The van der Waals surface area contributed by atoms with Gasteiger partial charge in [-0.2, -0.15) is 0 Å². The number of rotatable bonds is 4. The van der Waals surface area contributed by atoms with Gasteiger partial charge in [0.15, 0.2) is 0 Å². The maximum atomic E-state index is 5.76. The van der Waals surface area contributed by atoms with Gasteiger partial charge in [-0.25, -0.2) is 0 Å². The van der Waals surface area contributed by atoms with Gasteiger partial charge >= 0.3 is 0 Å². The molecule has 1 aliphatic rings. The molecule has 0 N–H and O–H groups in total. The predicted octanol–water partition coefficient (Wildman–Crippen LogP) is 3.80. The van der Waals surface area contributed by atoms with Gasteiger partial charge in [-0.1, -0.05) is 25.1 Å². The number of piperidine rings is 1. The molecule has 1 aromatic carbocycles. The number of benzene rings is 1. The first-order chi connectivity index (χ1) is 10.3. The van der Waals surface area contributed by atoms with Crippen LogP contribution in [0, 0.1) is 0 Å². The fraction of sp³-hybridized carbons (Fsp3) is 0.500. The summed E-state index contributed by atoms with van der Waals surface area (Å²) in [5, 5.41) is 1.27. The van der Waals surface area contributed by atoms with Crippen molar-refractivity contribution in [3.05, 3.63) is 36.0 Å². The Labute approximate surface area is 126 Å². The van der Waals surface area contributed by atoms with Crippen LogP contribution in [0.5, 0.6) is 0 Å². The Bertz CT molecular complexity index is 603. The van der Waals surface area contributed by atoms with Gasteiger partial charge in [-0.05, 0) is 38.3 Å². The highest BCUT2D eigenvalue weighted by Gasteiger charge is 2.21. The van der Waals surface area contributed by atoms with Gasteiger partial charge in [0.2, 0.25) is 0 Å². The van der Waals surface area contributed by atoms with Crippen LogP contribution in [0.25, 0.3) is 10.9 Å². The van der Waals surface area contributed by atoms with E-state index in [4.69, 9.17) is 9.72 Å². The van der Waals surface area contributed by atoms with E-state index in [0.717, 1.165) is 44.5 Å². The first-order valence-electron chi connectivity index (χ1n) is 8.07. The fourth-order valence-corrected chi connectivity index (χ4v) is 3.15. The molecule has 112 valence electrons. The Hall–Kier alpha value is -1.61. The van der Waals surface area contributed by atoms with Crippen LogP contribution in [0.4, 0.5) is 5.69 Å². The summed E-state index contributed by atoms with van der Waals surface area (Å²) >= 11 is 0. The summed E-state index contributed by atoms with van der Waals surface area (Å²) in [5.41, 5.74) is 3.63. The zero-order valence-electron chi connectivity index (χ0n) is 13.0. The lowest BCUT2D eigenvalue weighted by Crippen LogP contribution is -2.37. The summed E-state index contributed by atoms with van der Waals surface area (Å²) in [6.45, 7) is 7.21. The molecular weight excluding hydrogens is 260 g/mol. The Morgan fingerprint density at radius 2 is 1.95 bits per heavy atom. The normalized spacial score (nSPS) is 16.6. The molecule has 21 heavy (non-hydrogen) atoms. The number of fused-ring (bicyclic) bond motifs is 1. The SMILES string of the molecule is CCOC1CCN(c2cc(CC)nc3ccccc23)CC1. The van der Waals surface area contributed by atoms with Gasteiger partial charge in [0.25, 0.3) is 0 Å². The van der Waals surface area contributed by atoms with Gasteiger partial charge in [-0.3, -0.25) is 4.98 Å². The predicted molar refractivity (Wildman–Crippen MR) is 88.0 cm³/mol. The van der Waals surface area contributed by atoms with Gasteiger partial charge in [-0.15, -0.1) is 0 Å². The molecule has 0 aliphatic carbocycles. The second-order valence-corrected chi connectivity index (χ2v) is 5.65. The Kier molecular flexibility index (Phi) is 4.39. The van der Waals surface area contributed by atoms with Crippen LogP contribution in [0.15, 0.2) is 30.3 Å². The van der Waals surface area contributed by atoms with E-state index in [1.54, 1.807) is 0 Å². The Balaban J connectivity index is 1.89. The lowest BCUT2D eigenvalue weighted by atomic mass is 10.0. The minimum absolute atomic E-state index is 0.435. The topological polar surface area (TPSA) is 25.4 Å². The van der Waals surface area contributed by atoms with Crippen molar-refractivity contribution >= 4 is 16.6 Å². The molecule has 0 saturated carbocycles. The van der Waals surface area contributed by atoms with Crippen molar-refractivity contribution in [2.75, 3.05) is 24.6 Å². The summed E-state index contributed by atoms with van der Waals surface area (Å²) in [7, 11) is 0. The number of aryl methyl sites for hydroxylation is 1. The van der Waals surface area contributed by atoms with Crippen LogP contribution in [0.2, 0.25) is 0 Å². The van der Waals surface area contributed by atoms with Crippen LogP contribution in [-0.2, 0) is 11.2 Å². The molecule has 0 atom stereocenters. The number of pyridine rings is 1. The van der Waals surface area contributed by atoms with E-state index >= 15 is 0 Å². The first-order valence-corrected chi connectivity index (χ1v) is 8.07. The third-order valence-corrected chi connectivity index (χ3v) is 4.29. The Morgan fingerprint density at radius 3 is 2.67 bits per heavy atom. The molecule has 1 aliphatic heterocycles. The maximum Gasteiger partial charge on any atom is 0.0726 e. The smallest absolute Gasteiger partial charge is 0.0726 e. The molecule has 3 heteroatoms. The second kappa shape index (κ2) is 6.44. The molecule has 3 rings (SSSR count). The van der Waals surface area contributed by atoms with Crippen LogP contribution < -0.4 is 4.90 Å². The molecule has 0 radical (unpaired) electrons. The van der Waals surface area contributed by atoms with Crippen molar-refractivity contribution in [1.29, 1.82) is 0 Å². The molecule has 0 bridgehead atoms. The highest BCUT2D eigenvalue weighted by molar-refractivity contribution is 5.92. The number of hydrogen-bond acceptors (Lipinski definition) is 3. The summed E-state index contributed by atoms with van der Waals surface area (Å²) in [4.78, 5) is 7.24. The number of ether oxygens (including phenoxy) is 1. The first kappa shape index (κ1) is 14.3. The van der Waals surface area contributed by atoms with Gasteiger partial charge in [0, 0.05) is 36.5 Å². The number of para-hydroxylation sites is 1. The largest absolute Gasteiger partial charge is 0.378 e. The number of hydrogen-bond donors (Lipinski definition) is 0. The summed E-state index contributed by atoms with van der Waals surface area (Å²) in [6.07, 6.45) is 3.65. The molecule has 3 nitrogen and oxygen atoms in total. The van der Waals surface area contributed by atoms with E-state index in [1.165, 1.54) is 16.8 Å². The van der Waals surface area contributed by atoms with E-state index in [1.807, 2.05) is 0 Å². The zero-order chi connectivity index (χ0) is 14.7. The molecular formula is C18H24N2O. The third-order valence-electron chi connectivity index (χ3n) is 4.29. The summed E-state index contributed by atoms with van der Waals surface area (Å²) in [5.74, 6) is 0. The fourth-order valence-electron chi connectivity index (χ4n) is 3.15. The van der Waals surface area contributed by atoms with Crippen LogP contribution in [0.3, 0.4) is 0 Å². The monoisotopic (exact) mass is 284 g/mol. The van der Waals surface area contributed by atoms with Crippen molar-refractivity contribution in [3.63, 3.8) is 0 Å². The van der Waals surface area contributed by atoms with Crippen molar-refractivity contribution in [3.8, 4) is 0 Å². The van der Waals surface area contributed by atoms with Gasteiger partial charge in [0.05, 0.1) is 11.6 Å². The standard InChI is InChI=1S/C18H24N2O/c1-3-14-13-18(16-7-5-6-8-17(16)19-14)20-11-9-15(10-12-20)21-4-2/h5-8,13,15H,3-4,9-12H2,1-2H3. The van der Waals surface area contributed by atoms with E-state index in [9.17, 15) is 0 Å².